The summed E-state index contributed by atoms with van der Waals surface area (Å²) in [5, 5.41) is 9.32. The fourth-order valence-corrected chi connectivity index (χ4v) is 5.21. The molecule has 0 aliphatic carbocycles. The van der Waals surface area contributed by atoms with E-state index >= 15 is 0 Å². The van der Waals surface area contributed by atoms with Gasteiger partial charge in [0, 0.05) is 0 Å². The van der Waals surface area contributed by atoms with Gasteiger partial charge in [0.25, 0.3) is 0 Å². The minimum Gasteiger partial charge on any atom is -0.478 e. The van der Waals surface area contributed by atoms with E-state index in [0.29, 0.717) is 5.56 Å². The first kappa shape index (κ1) is 17.0. The normalized spacial score (nSPS) is 14.2. The van der Waals surface area contributed by atoms with Gasteiger partial charge in [0.15, 0.2) is 0 Å². The molecule has 0 aliphatic rings. The van der Waals surface area contributed by atoms with Crippen LogP contribution in [-0.4, -0.2) is 19.9 Å². The van der Waals surface area contributed by atoms with E-state index in [4.69, 9.17) is 5.11 Å². The zero-order chi connectivity index (χ0) is 15.2. The number of carboxylic acids is 1. The molecule has 1 rings (SSSR count). The van der Waals surface area contributed by atoms with Crippen LogP contribution < -0.4 is 0 Å². The third-order valence-electron chi connectivity index (χ3n) is 4.28. The fraction of sp³-hybridized carbons (Fsp3) is 0.588. The first-order valence-corrected chi connectivity index (χ1v) is 10.1. The Balaban J connectivity index is 3.16. The maximum absolute atomic E-state index is 11.0. The van der Waals surface area contributed by atoms with Crippen molar-refractivity contribution < 1.29 is 9.90 Å². The molecule has 111 valence electrons. The Bertz CT molecular complexity index is 425. The smallest absolute Gasteiger partial charge is 0.335 e. The molecular weight excluding hydrogens is 264 g/mol. The number of aromatic carboxylic acids is 1. The van der Waals surface area contributed by atoms with Crippen LogP contribution in [0.1, 0.15) is 61.9 Å². The number of rotatable bonds is 8. The molecular formula is C17H27O2Si. The van der Waals surface area contributed by atoms with Gasteiger partial charge in [-0.2, -0.15) is 0 Å². The van der Waals surface area contributed by atoms with Gasteiger partial charge in [0.2, 0.25) is 0 Å². The average Bonchev–Trinajstić information content (AvgIpc) is 2.43. The number of carbonyl (C=O) groups is 1. The van der Waals surface area contributed by atoms with E-state index in [1.54, 1.807) is 12.1 Å². The van der Waals surface area contributed by atoms with Crippen LogP contribution in [0.25, 0.3) is 0 Å². The zero-order valence-corrected chi connectivity index (χ0v) is 14.2. The maximum Gasteiger partial charge on any atom is 0.335 e. The second-order valence-corrected chi connectivity index (χ2v) is 8.78. The third kappa shape index (κ3) is 3.72. The first-order valence-electron chi connectivity index (χ1n) is 7.62. The van der Waals surface area contributed by atoms with E-state index in [1.165, 1.54) is 37.7 Å². The van der Waals surface area contributed by atoms with Gasteiger partial charge in [-0.3, -0.25) is 0 Å². The van der Waals surface area contributed by atoms with E-state index in [9.17, 15) is 4.79 Å². The summed E-state index contributed by atoms with van der Waals surface area (Å²) in [4.78, 5) is 11.0. The summed E-state index contributed by atoms with van der Waals surface area (Å²) in [6, 6.07) is 7.62. The third-order valence-corrected chi connectivity index (χ3v) is 6.98. The van der Waals surface area contributed by atoms with Gasteiger partial charge < -0.3 is 5.11 Å². The minimum absolute atomic E-state index is 0.284. The van der Waals surface area contributed by atoms with Crippen molar-refractivity contribution in [3.63, 3.8) is 0 Å². The van der Waals surface area contributed by atoms with Crippen LogP contribution in [0.5, 0.6) is 0 Å². The molecule has 1 radical (unpaired) electrons. The van der Waals surface area contributed by atoms with E-state index in [-0.39, 0.29) is 5.04 Å². The SMILES string of the molecule is CCCCC(CCC)(c1ccc(C(=O)O)cc1)[Si](C)C. The molecule has 2 nitrogen and oxygen atoms in total. The van der Waals surface area contributed by atoms with Gasteiger partial charge in [0.1, 0.15) is 0 Å². The van der Waals surface area contributed by atoms with Crippen LogP contribution in [0.2, 0.25) is 13.1 Å². The van der Waals surface area contributed by atoms with E-state index in [0.717, 1.165) is 0 Å². The van der Waals surface area contributed by atoms with Crippen molar-refractivity contribution in [1.29, 1.82) is 0 Å². The Hall–Kier alpha value is -1.09. The van der Waals surface area contributed by atoms with Crippen molar-refractivity contribution in [1.82, 2.24) is 0 Å². The lowest BCUT2D eigenvalue weighted by atomic mass is 9.87. The van der Waals surface area contributed by atoms with Crippen molar-refractivity contribution in [2.75, 3.05) is 0 Å². The lowest BCUT2D eigenvalue weighted by molar-refractivity contribution is 0.0697. The van der Waals surface area contributed by atoms with Gasteiger partial charge in [-0.15, -0.1) is 0 Å². The molecule has 1 unspecified atom stereocenters. The second-order valence-electron chi connectivity index (χ2n) is 5.82. The Morgan fingerprint density at radius 1 is 1.10 bits per heavy atom. The van der Waals surface area contributed by atoms with E-state index in [1.807, 2.05) is 12.1 Å². The summed E-state index contributed by atoms with van der Waals surface area (Å²) in [5.74, 6) is -0.843. The molecule has 0 spiro atoms. The summed E-state index contributed by atoms with van der Waals surface area (Å²) in [5.41, 5.74) is 1.73. The lowest BCUT2D eigenvalue weighted by Gasteiger charge is -2.38. The monoisotopic (exact) mass is 291 g/mol. The molecule has 20 heavy (non-hydrogen) atoms. The van der Waals surface area contributed by atoms with Crippen LogP contribution in [-0.2, 0) is 5.04 Å². The van der Waals surface area contributed by atoms with Gasteiger partial charge in [-0.05, 0) is 35.6 Å². The summed E-state index contributed by atoms with van der Waals surface area (Å²) >= 11 is 0. The van der Waals surface area contributed by atoms with Crippen molar-refractivity contribution >= 4 is 14.8 Å². The average molecular weight is 291 g/mol. The molecule has 0 amide bonds. The van der Waals surface area contributed by atoms with Crippen LogP contribution in [0, 0.1) is 0 Å². The first-order chi connectivity index (χ1) is 9.47. The molecule has 0 aromatic heterocycles. The van der Waals surface area contributed by atoms with E-state index < -0.39 is 14.8 Å². The van der Waals surface area contributed by atoms with Gasteiger partial charge in [-0.25, -0.2) is 4.79 Å². The summed E-state index contributed by atoms with van der Waals surface area (Å²) in [6.07, 6.45) is 6.08. The van der Waals surface area contributed by atoms with Gasteiger partial charge in [0.05, 0.1) is 14.4 Å². The van der Waals surface area contributed by atoms with Crippen molar-refractivity contribution in [2.24, 2.45) is 0 Å². The molecule has 0 aliphatic heterocycles. The topological polar surface area (TPSA) is 37.3 Å². The Morgan fingerprint density at radius 3 is 2.10 bits per heavy atom. The van der Waals surface area contributed by atoms with Crippen molar-refractivity contribution in [3.05, 3.63) is 35.4 Å². The Labute approximate surface area is 124 Å². The highest BCUT2D eigenvalue weighted by Crippen LogP contribution is 2.37. The number of unbranched alkanes of at least 4 members (excludes halogenated alkanes) is 1. The highest BCUT2D eigenvalue weighted by molar-refractivity contribution is 6.59. The predicted octanol–water partition coefficient (Wildman–Crippen LogP) is 4.91. The van der Waals surface area contributed by atoms with Gasteiger partial charge in [-0.1, -0.05) is 58.3 Å². The molecule has 0 saturated carbocycles. The van der Waals surface area contributed by atoms with Crippen LogP contribution >= 0.6 is 0 Å². The Morgan fingerprint density at radius 2 is 1.70 bits per heavy atom. The number of hydrogen-bond acceptors (Lipinski definition) is 1. The maximum atomic E-state index is 11.0. The molecule has 0 heterocycles. The fourth-order valence-electron chi connectivity index (χ4n) is 3.04. The molecule has 1 aromatic rings. The molecule has 0 saturated heterocycles. The highest BCUT2D eigenvalue weighted by atomic mass is 28.3. The largest absolute Gasteiger partial charge is 0.478 e. The molecule has 1 atom stereocenters. The van der Waals surface area contributed by atoms with Crippen LogP contribution in [0.15, 0.2) is 24.3 Å². The summed E-state index contributed by atoms with van der Waals surface area (Å²) in [7, 11) is -0.500. The van der Waals surface area contributed by atoms with Crippen LogP contribution in [0.4, 0.5) is 0 Å². The molecule has 3 heteroatoms. The quantitative estimate of drug-likeness (QED) is 0.691. The number of carboxylic acid groups (broad SMARTS) is 1. The number of hydrogen-bond donors (Lipinski definition) is 1. The zero-order valence-electron chi connectivity index (χ0n) is 13.2. The standard InChI is InChI=1S/C17H27O2Si/c1-5-7-13-17(12-6-2,20(3)4)15-10-8-14(9-11-15)16(18)19/h8-11H,5-7,12-13H2,1-4H3,(H,18,19). The lowest BCUT2D eigenvalue weighted by Crippen LogP contribution is -2.39. The molecule has 1 aromatic carbocycles. The van der Waals surface area contributed by atoms with E-state index in [2.05, 4.69) is 26.9 Å². The summed E-state index contributed by atoms with van der Waals surface area (Å²) < 4.78 is 0. The minimum atomic E-state index is -0.843. The second kappa shape index (κ2) is 7.63. The summed E-state index contributed by atoms with van der Waals surface area (Å²) in [6.45, 7) is 9.27. The van der Waals surface area contributed by atoms with Crippen molar-refractivity contribution in [2.45, 2.75) is 64.1 Å². The highest BCUT2D eigenvalue weighted by Gasteiger charge is 2.35. The molecule has 0 bridgehead atoms. The van der Waals surface area contributed by atoms with Crippen LogP contribution in [0.3, 0.4) is 0 Å². The Kier molecular flexibility index (Phi) is 6.47. The molecule has 0 fully saturated rings. The van der Waals surface area contributed by atoms with Gasteiger partial charge >= 0.3 is 5.97 Å². The number of benzene rings is 1. The predicted molar refractivity (Wildman–Crippen MR) is 87.0 cm³/mol. The van der Waals surface area contributed by atoms with Crippen molar-refractivity contribution in [3.8, 4) is 0 Å². The molecule has 1 N–H and O–H groups in total.